The summed E-state index contributed by atoms with van der Waals surface area (Å²) in [6.45, 7) is 4.09. The lowest BCUT2D eigenvalue weighted by atomic mass is 10.2. The molecule has 0 aromatic carbocycles. The van der Waals surface area contributed by atoms with Gasteiger partial charge in [0.2, 0.25) is 0 Å². The number of aliphatic hydroxyl groups excluding tert-OH is 1. The van der Waals surface area contributed by atoms with E-state index in [0.717, 1.165) is 21.5 Å². The van der Waals surface area contributed by atoms with Gasteiger partial charge in [-0.2, -0.15) is 5.10 Å². The van der Waals surface area contributed by atoms with Crippen LogP contribution in [0.5, 0.6) is 0 Å². The molecule has 0 aliphatic rings. The van der Waals surface area contributed by atoms with Crippen molar-refractivity contribution in [2.45, 2.75) is 20.4 Å². The molecule has 0 radical (unpaired) electrons. The Morgan fingerprint density at radius 3 is 2.92 bits per heavy atom. The van der Waals surface area contributed by atoms with Crippen molar-refractivity contribution in [3.8, 4) is 0 Å². The number of ether oxygens (including phenoxy) is 1. The summed E-state index contributed by atoms with van der Waals surface area (Å²) in [6.07, 6.45) is 3.43. The number of hydrogen-bond donors (Lipinski definition) is 2. The van der Waals surface area contributed by atoms with Crippen LogP contribution in [0, 0.1) is 13.8 Å². The number of hydrogen-bond acceptors (Lipinski definition) is 8. The number of rotatable bonds is 5. The lowest BCUT2D eigenvalue weighted by Crippen LogP contribution is -2.02. The fourth-order valence-corrected chi connectivity index (χ4v) is 3.56. The quantitative estimate of drug-likeness (QED) is 0.681. The van der Waals surface area contributed by atoms with Crippen molar-refractivity contribution in [2.24, 2.45) is 0 Å². The largest absolute Gasteiger partial charge is 0.465 e. The monoisotopic (exact) mass is 347 g/mol. The summed E-state index contributed by atoms with van der Waals surface area (Å²) in [4.78, 5) is 22.0. The predicted octanol–water partition coefficient (Wildman–Crippen LogP) is 2.03. The van der Waals surface area contributed by atoms with Crippen molar-refractivity contribution >= 4 is 39.0 Å². The van der Waals surface area contributed by atoms with Crippen LogP contribution in [-0.4, -0.2) is 44.5 Å². The van der Waals surface area contributed by atoms with Gasteiger partial charge in [0.1, 0.15) is 21.3 Å². The number of nitrogens with one attached hydrogen (secondary N) is 1. The average Bonchev–Trinajstić information content (AvgIpc) is 3.11. The SMILES string of the molecule is COC(=O)c1sc2nc(C)nc(Nc3cnn(CCO)c3)c2c1C. The number of thiophene rings is 1. The van der Waals surface area contributed by atoms with E-state index in [1.807, 2.05) is 6.92 Å². The molecule has 0 aliphatic carbocycles. The van der Waals surface area contributed by atoms with Crippen LogP contribution in [-0.2, 0) is 11.3 Å². The van der Waals surface area contributed by atoms with Crippen molar-refractivity contribution in [1.82, 2.24) is 19.7 Å². The fourth-order valence-electron chi connectivity index (χ4n) is 2.41. The minimum Gasteiger partial charge on any atom is -0.465 e. The maximum absolute atomic E-state index is 11.9. The lowest BCUT2D eigenvalue weighted by molar-refractivity contribution is 0.0605. The van der Waals surface area contributed by atoms with E-state index in [0.29, 0.717) is 23.1 Å². The van der Waals surface area contributed by atoms with Crippen molar-refractivity contribution in [2.75, 3.05) is 19.0 Å². The molecule has 0 aliphatic heterocycles. The molecule has 0 bridgehead atoms. The normalized spacial score (nSPS) is 11.0. The molecule has 3 aromatic rings. The molecule has 3 rings (SSSR count). The molecular formula is C15H17N5O3S. The van der Waals surface area contributed by atoms with Crippen molar-refractivity contribution in [1.29, 1.82) is 0 Å². The lowest BCUT2D eigenvalue weighted by Gasteiger charge is -2.06. The van der Waals surface area contributed by atoms with Crippen LogP contribution in [0.15, 0.2) is 12.4 Å². The predicted molar refractivity (Wildman–Crippen MR) is 90.8 cm³/mol. The zero-order chi connectivity index (χ0) is 17.3. The zero-order valence-electron chi connectivity index (χ0n) is 13.5. The number of carbonyl (C=O) groups excluding carboxylic acids is 1. The molecule has 9 heteroatoms. The number of aryl methyl sites for hydroxylation is 2. The number of esters is 1. The Hall–Kier alpha value is -2.52. The standard InChI is InChI=1S/C15H17N5O3S/c1-8-11-13(19-10-6-16-20(7-10)4-5-21)17-9(2)18-14(11)24-12(8)15(22)23-3/h6-7,21H,4-5H2,1-3H3,(H,17,18,19). The van der Waals surface area contributed by atoms with Crippen molar-refractivity contribution in [3.05, 3.63) is 28.7 Å². The van der Waals surface area contributed by atoms with Gasteiger partial charge in [-0.1, -0.05) is 0 Å². The molecule has 0 saturated carbocycles. The van der Waals surface area contributed by atoms with Gasteiger partial charge in [-0.15, -0.1) is 11.3 Å². The van der Waals surface area contributed by atoms with E-state index in [1.54, 1.807) is 24.0 Å². The Morgan fingerprint density at radius 1 is 1.42 bits per heavy atom. The first-order chi connectivity index (χ1) is 11.5. The van der Waals surface area contributed by atoms with Gasteiger partial charge < -0.3 is 15.2 Å². The third-order valence-corrected chi connectivity index (χ3v) is 4.66. The van der Waals surface area contributed by atoms with Gasteiger partial charge in [0.25, 0.3) is 0 Å². The van der Waals surface area contributed by atoms with E-state index < -0.39 is 0 Å². The fraction of sp³-hybridized carbons (Fsp3) is 0.333. The Balaban J connectivity index is 2.05. The summed E-state index contributed by atoms with van der Waals surface area (Å²) < 4.78 is 6.46. The average molecular weight is 347 g/mol. The van der Waals surface area contributed by atoms with Gasteiger partial charge in [-0.25, -0.2) is 14.8 Å². The van der Waals surface area contributed by atoms with Gasteiger partial charge in [0.05, 0.1) is 37.5 Å². The highest BCUT2D eigenvalue weighted by Gasteiger charge is 2.20. The van der Waals surface area contributed by atoms with Crippen LogP contribution >= 0.6 is 11.3 Å². The van der Waals surface area contributed by atoms with Crippen LogP contribution in [0.2, 0.25) is 0 Å². The molecule has 24 heavy (non-hydrogen) atoms. The molecule has 126 valence electrons. The second-order valence-corrected chi connectivity index (χ2v) is 6.19. The maximum Gasteiger partial charge on any atom is 0.348 e. The van der Waals surface area contributed by atoms with E-state index in [9.17, 15) is 4.79 Å². The summed E-state index contributed by atoms with van der Waals surface area (Å²) in [5, 5.41) is 17.1. The molecule has 0 saturated heterocycles. The second kappa shape index (κ2) is 6.54. The van der Waals surface area contributed by atoms with Gasteiger partial charge in [-0.05, 0) is 19.4 Å². The van der Waals surface area contributed by atoms with E-state index >= 15 is 0 Å². The first-order valence-corrected chi connectivity index (χ1v) is 8.11. The summed E-state index contributed by atoms with van der Waals surface area (Å²) in [5.41, 5.74) is 1.53. The summed E-state index contributed by atoms with van der Waals surface area (Å²) in [6, 6.07) is 0. The summed E-state index contributed by atoms with van der Waals surface area (Å²) >= 11 is 1.29. The number of nitrogens with zero attached hydrogens (tertiary/aromatic N) is 4. The van der Waals surface area contributed by atoms with E-state index in [2.05, 4.69) is 20.4 Å². The van der Waals surface area contributed by atoms with Gasteiger partial charge in [-0.3, -0.25) is 4.68 Å². The number of anilines is 2. The maximum atomic E-state index is 11.9. The molecule has 3 aromatic heterocycles. The van der Waals surface area contributed by atoms with Crippen molar-refractivity contribution in [3.63, 3.8) is 0 Å². The van der Waals surface area contributed by atoms with E-state index in [1.165, 1.54) is 18.4 Å². The molecule has 0 unspecified atom stereocenters. The van der Waals surface area contributed by atoms with Gasteiger partial charge >= 0.3 is 5.97 Å². The molecule has 0 amide bonds. The number of aliphatic hydroxyl groups is 1. The molecule has 2 N–H and O–H groups in total. The number of methoxy groups -OCH3 is 1. The second-order valence-electron chi connectivity index (χ2n) is 5.19. The third kappa shape index (κ3) is 2.95. The topological polar surface area (TPSA) is 102 Å². The highest BCUT2D eigenvalue weighted by molar-refractivity contribution is 7.20. The number of fused-ring (bicyclic) bond motifs is 1. The smallest absolute Gasteiger partial charge is 0.348 e. The number of carbonyl (C=O) groups is 1. The highest BCUT2D eigenvalue weighted by Crippen LogP contribution is 2.35. The Labute approximate surface area is 142 Å². The van der Waals surface area contributed by atoms with Crippen LogP contribution in [0.25, 0.3) is 10.2 Å². The van der Waals surface area contributed by atoms with Gasteiger partial charge in [0, 0.05) is 6.20 Å². The first kappa shape index (κ1) is 16.3. The van der Waals surface area contributed by atoms with Crippen molar-refractivity contribution < 1.29 is 14.6 Å². The number of aromatic nitrogens is 4. The summed E-state index contributed by atoms with van der Waals surface area (Å²) in [5.74, 6) is 0.838. The van der Waals surface area contributed by atoms with Crippen LogP contribution in [0.1, 0.15) is 21.1 Å². The van der Waals surface area contributed by atoms with Gasteiger partial charge in [0.15, 0.2) is 0 Å². The Kier molecular flexibility index (Phi) is 4.45. The summed E-state index contributed by atoms with van der Waals surface area (Å²) in [7, 11) is 1.36. The molecule has 8 nitrogen and oxygen atoms in total. The van der Waals surface area contributed by atoms with Crippen LogP contribution in [0.3, 0.4) is 0 Å². The molecule has 0 spiro atoms. The van der Waals surface area contributed by atoms with Crippen LogP contribution in [0.4, 0.5) is 11.5 Å². The van der Waals surface area contributed by atoms with E-state index in [4.69, 9.17) is 9.84 Å². The Morgan fingerprint density at radius 2 is 2.21 bits per heavy atom. The Bertz CT molecular complexity index is 902. The third-order valence-electron chi connectivity index (χ3n) is 3.50. The molecule has 0 atom stereocenters. The van der Waals surface area contributed by atoms with Crippen LogP contribution < -0.4 is 5.32 Å². The molecule has 3 heterocycles. The molecule has 0 fully saturated rings. The highest BCUT2D eigenvalue weighted by atomic mass is 32.1. The minimum atomic E-state index is -0.380. The van der Waals surface area contributed by atoms with E-state index in [-0.39, 0.29) is 12.6 Å². The zero-order valence-corrected chi connectivity index (χ0v) is 14.3. The molecular weight excluding hydrogens is 330 g/mol. The minimum absolute atomic E-state index is 0.0180. The first-order valence-electron chi connectivity index (χ1n) is 7.30.